The summed E-state index contributed by atoms with van der Waals surface area (Å²) in [5, 5.41) is 7.85. The molecule has 0 radical (unpaired) electrons. The molecular weight excluding hydrogens is 465 g/mol. The molecule has 2 aromatic carbocycles. The molecule has 2 N–H and O–H groups in total. The number of furan rings is 1. The third-order valence-corrected chi connectivity index (χ3v) is 4.79. The fourth-order valence-corrected chi connectivity index (χ4v) is 2.97. The van der Waals surface area contributed by atoms with Crippen molar-refractivity contribution < 1.29 is 18.7 Å². The van der Waals surface area contributed by atoms with Crippen molar-refractivity contribution in [1.82, 2.24) is 5.43 Å². The predicted octanol–water partition coefficient (Wildman–Crippen LogP) is 5.92. The van der Waals surface area contributed by atoms with Crippen LogP contribution in [-0.2, 0) is 4.74 Å². The molecule has 0 saturated heterocycles. The lowest BCUT2D eigenvalue weighted by atomic mass is 10.2. The van der Waals surface area contributed by atoms with Crippen molar-refractivity contribution >= 4 is 64.5 Å². The molecule has 160 valence electrons. The molecule has 7 nitrogen and oxygen atoms in total. The van der Waals surface area contributed by atoms with E-state index in [1.54, 1.807) is 55.5 Å². The number of nitrogens with one attached hydrogen (secondary N) is 2. The summed E-state index contributed by atoms with van der Waals surface area (Å²) in [6, 6.07) is 13.0. The summed E-state index contributed by atoms with van der Waals surface area (Å²) in [7, 11) is 0. The van der Waals surface area contributed by atoms with Crippen LogP contribution in [0.1, 0.15) is 33.4 Å². The summed E-state index contributed by atoms with van der Waals surface area (Å²) < 4.78 is 10.7. The minimum Gasteiger partial charge on any atom is -0.462 e. The lowest BCUT2D eigenvalue weighted by molar-refractivity contribution is 0.0527. The van der Waals surface area contributed by atoms with Crippen molar-refractivity contribution in [2.45, 2.75) is 6.92 Å². The number of ether oxygens (including phenoxy) is 1. The van der Waals surface area contributed by atoms with Gasteiger partial charge in [0.05, 0.1) is 12.8 Å². The Morgan fingerprint density at radius 3 is 2.26 bits per heavy atom. The molecule has 1 amide bonds. The molecule has 0 aliphatic carbocycles. The summed E-state index contributed by atoms with van der Waals surface area (Å²) in [5.74, 6) is -1.01. The van der Waals surface area contributed by atoms with Crippen LogP contribution in [0.2, 0.25) is 15.1 Å². The molecule has 0 bridgehead atoms. The van der Waals surface area contributed by atoms with Gasteiger partial charge in [-0.15, -0.1) is 0 Å². The number of amides is 1. The summed E-state index contributed by atoms with van der Waals surface area (Å²) in [4.78, 5) is 24.5. The molecule has 3 aromatic rings. The minimum atomic E-state index is -0.669. The number of carbonyl (C=O) groups excluding carboxylic acids is 2. The Labute approximate surface area is 192 Å². The van der Waals surface area contributed by atoms with Gasteiger partial charge in [0.1, 0.15) is 10.6 Å². The second kappa shape index (κ2) is 10.3. The lowest BCUT2D eigenvalue weighted by Crippen LogP contribution is -2.17. The van der Waals surface area contributed by atoms with Gasteiger partial charge in [0.15, 0.2) is 5.76 Å². The Kier molecular flexibility index (Phi) is 7.57. The maximum Gasteiger partial charge on any atom is 0.345 e. The molecular formula is C21H16Cl3N3O4. The molecule has 1 aromatic heterocycles. The summed E-state index contributed by atoms with van der Waals surface area (Å²) >= 11 is 18.0. The third kappa shape index (κ3) is 5.79. The average Bonchev–Trinajstić information content (AvgIpc) is 3.05. The zero-order valence-electron chi connectivity index (χ0n) is 16.1. The van der Waals surface area contributed by atoms with Gasteiger partial charge in [-0.3, -0.25) is 4.79 Å². The highest BCUT2D eigenvalue weighted by molar-refractivity contribution is 6.36. The van der Waals surface area contributed by atoms with Gasteiger partial charge in [0.2, 0.25) is 5.88 Å². The smallest absolute Gasteiger partial charge is 0.345 e. The van der Waals surface area contributed by atoms with E-state index in [4.69, 9.17) is 44.0 Å². The van der Waals surface area contributed by atoms with Crippen LogP contribution in [0.5, 0.6) is 0 Å². The van der Waals surface area contributed by atoms with Crippen LogP contribution in [0, 0.1) is 0 Å². The second-order valence-corrected chi connectivity index (χ2v) is 7.29. The van der Waals surface area contributed by atoms with Crippen LogP contribution in [0.3, 0.4) is 0 Å². The van der Waals surface area contributed by atoms with Gasteiger partial charge in [-0.05, 0) is 55.5 Å². The van der Waals surface area contributed by atoms with E-state index >= 15 is 0 Å². The molecule has 0 atom stereocenters. The van der Waals surface area contributed by atoms with E-state index in [0.29, 0.717) is 21.3 Å². The van der Waals surface area contributed by atoms with Gasteiger partial charge in [-0.25, -0.2) is 10.2 Å². The number of hydrogen-bond acceptors (Lipinski definition) is 6. The highest BCUT2D eigenvalue weighted by Gasteiger charge is 2.25. The molecule has 0 aliphatic heterocycles. The number of anilines is 2. The number of esters is 1. The zero-order chi connectivity index (χ0) is 22.4. The number of hydrazone groups is 1. The number of benzene rings is 2. The first-order valence-corrected chi connectivity index (χ1v) is 10.1. The van der Waals surface area contributed by atoms with Crippen molar-refractivity contribution in [1.29, 1.82) is 0 Å². The highest BCUT2D eigenvalue weighted by atomic mass is 35.5. The van der Waals surface area contributed by atoms with E-state index < -0.39 is 11.9 Å². The number of halogens is 3. The van der Waals surface area contributed by atoms with E-state index in [9.17, 15) is 9.59 Å². The molecule has 0 fully saturated rings. The Hall–Kier alpha value is -3.00. The van der Waals surface area contributed by atoms with Crippen LogP contribution in [0.15, 0.2) is 58.0 Å². The largest absolute Gasteiger partial charge is 0.462 e. The van der Waals surface area contributed by atoms with Gasteiger partial charge in [-0.1, -0.05) is 34.8 Å². The summed E-state index contributed by atoms with van der Waals surface area (Å²) in [6.45, 7) is 1.83. The summed E-state index contributed by atoms with van der Waals surface area (Å²) in [6.07, 6.45) is 1.19. The third-order valence-electron chi connectivity index (χ3n) is 3.91. The van der Waals surface area contributed by atoms with E-state index in [-0.39, 0.29) is 28.8 Å². The Morgan fingerprint density at radius 1 is 1.03 bits per heavy atom. The quantitative estimate of drug-likeness (QED) is 0.249. The monoisotopic (exact) mass is 479 g/mol. The predicted molar refractivity (Wildman–Crippen MR) is 121 cm³/mol. The van der Waals surface area contributed by atoms with Gasteiger partial charge in [0, 0.05) is 21.3 Å². The molecule has 0 spiro atoms. The number of hydrogen-bond donors (Lipinski definition) is 2. The van der Waals surface area contributed by atoms with Crippen molar-refractivity contribution in [3.8, 4) is 0 Å². The molecule has 0 aliphatic rings. The van der Waals surface area contributed by atoms with Crippen molar-refractivity contribution in [3.63, 3.8) is 0 Å². The van der Waals surface area contributed by atoms with Crippen molar-refractivity contribution in [2.75, 3.05) is 11.9 Å². The van der Waals surface area contributed by atoms with E-state index in [1.807, 2.05) is 0 Å². The fraction of sp³-hybridized carbons (Fsp3) is 0.0952. The Bertz CT molecular complexity index is 1110. The average molecular weight is 481 g/mol. The molecule has 1 heterocycles. The topological polar surface area (TPSA) is 92.9 Å². The van der Waals surface area contributed by atoms with E-state index in [1.165, 1.54) is 6.21 Å². The maximum absolute atomic E-state index is 12.4. The molecule has 31 heavy (non-hydrogen) atoms. The fourth-order valence-electron chi connectivity index (χ4n) is 2.46. The SMILES string of the molecule is CCOC(=O)c1c(Nc2ccc(Cl)cc2)oc(/C=N\NC(=O)c2ccc(Cl)cc2)c1Cl. The number of carbonyl (C=O) groups is 2. The van der Waals surface area contributed by atoms with Gasteiger partial charge < -0.3 is 14.5 Å². The maximum atomic E-state index is 12.4. The highest BCUT2D eigenvalue weighted by Crippen LogP contribution is 2.34. The van der Waals surface area contributed by atoms with Crippen molar-refractivity contribution in [2.24, 2.45) is 5.10 Å². The first-order valence-electron chi connectivity index (χ1n) is 9.00. The van der Waals surface area contributed by atoms with E-state index in [2.05, 4.69) is 15.8 Å². The molecule has 10 heteroatoms. The molecule has 3 rings (SSSR count). The van der Waals surface area contributed by atoms with Crippen LogP contribution >= 0.6 is 34.8 Å². The lowest BCUT2D eigenvalue weighted by Gasteiger charge is -2.06. The van der Waals surface area contributed by atoms with Gasteiger partial charge >= 0.3 is 5.97 Å². The Morgan fingerprint density at radius 2 is 1.65 bits per heavy atom. The first-order chi connectivity index (χ1) is 14.9. The summed E-state index contributed by atoms with van der Waals surface area (Å²) in [5.41, 5.74) is 3.33. The van der Waals surface area contributed by atoms with Crippen LogP contribution in [-0.4, -0.2) is 24.7 Å². The van der Waals surface area contributed by atoms with Crippen molar-refractivity contribution in [3.05, 3.63) is 80.5 Å². The second-order valence-electron chi connectivity index (χ2n) is 6.04. The van der Waals surface area contributed by atoms with Gasteiger partial charge in [0.25, 0.3) is 5.91 Å². The zero-order valence-corrected chi connectivity index (χ0v) is 18.4. The van der Waals surface area contributed by atoms with Crippen LogP contribution in [0.4, 0.5) is 11.6 Å². The normalized spacial score (nSPS) is 10.8. The first kappa shape index (κ1) is 22.7. The number of nitrogens with zero attached hydrogens (tertiary/aromatic N) is 1. The molecule has 0 unspecified atom stereocenters. The Balaban J connectivity index is 1.83. The van der Waals surface area contributed by atoms with Crippen LogP contribution < -0.4 is 10.7 Å². The number of rotatable bonds is 7. The van der Waals surface area contributed by atoms with Crippen LogP contribution in [0.25, 0.3) is 0 Å². The minimum absolute atomic E-state index is 0.00365. The van der Waals surface area contributed by atoms with E-state index in [0.717, 1.165) is 0 Å². The van der Waals surface area contributed by atoms with Gasteiger partial charge in [-0.2, -0.15) is 5.10 Å². The molecule has 0 saturated carbocycles. The standard InChI is InChI=1S/C21H16Cl3N3O4/c1-2-30-21(29)17-18(24)16(31-20(17)26-15-9-7-14(23)8-10-15)11-25-27-19(28)12-3-5-13(22)6-4-12/h3-11,26H,2H2,1H3,(H,27,28)/b25-11-.